The van der Waals surface area contributed by atoms with Crippen LogP contribution in [-0.4, -0.2) is 37.8 Å². The maximum Gasteiger partial charge on any atom is 0.319 e. The van der Waals surface area contributed by atoms with Gasteiger partial charge in [0, 0.05) is 38.3 Å². The fourth-order valence-corrected chi connectivity index (χ4v) is 3.64. The lowest BCUT2D eigenvalue weighted by atomic mass is 10.1. The smallest absolute Gasteiger partial charge is 0.319 e. The molecule has 1 unspecified atom stereocenters. The highest BCUT2D eigenvalue weighted by Gasteiger charge is 2.24. The third-order valence-corrected chi connectivity index (χ3v) is 5.02. The lowest BCUT2D eigenvalue weighted by molar-refractivity contribution is 0.250. The fourth-order valence-electron chi connectivity index (χ4n) is 3.64. The van der Waals surface area contributed by atoms with Gasteiger partial charge in [-0.2, -0.15) is 0 Å². The zero-order chi connectivity index (χ0) is 19.5. The van der Waals surface area contributed by atoms with Crippen LogP contribution in [0.25, 0.3) is 11.1 Å². The summed E-state index contributed by atoms with van der Waals surface area (Å²) in [5.41, 5.74) is 3.24. The number of carbonyl (C=O) groups excluding carboxylic acids is 1. The van der Waals surface area contributed by atoms with Gasteiger partial charge in [0.25, 0.3) is 0 Å². The van der Waals surface area contributed by atoms with Crippen molar-refractivity contribution in [2.24, 2.45) is 5.92 Å². The number of benzene rings is 2. The van der Waals surface area contributed by atoms with E-state index < -0.39 is 0 Å². The lowest BCUT2D eigenvalue weighted by Crippen LogP contribution is -2.34. The van der Waals surface area contributed by atoms with Crippen LogP contribution in [0.3, 0.4) is 0 Å². The highest BCUT2D eigenvalue weighted by Crippen LogP contribution is 2.31. The first-order chi connectivity index (χ1) is 13.6. The molecule has 1 aliphatic rings. The number of carbonyl (C=O) groups is 1. The van der Waals surface area contributed by atoms with E-state index in [-0.39, 0.29) is 6.03 Å². The van der Waals surface area contributed by atoms with Crippen LogP contribution in [0.1, 0.15) is 12.3 Å². The number of hydrogen-bond acceptors (Lipinski definition) is 5. The van der Waals surface area contributed by atoms with Gasteiger partial charge in [0.05, 0.1) is 12.8 Å². The number of nitrogens with one attached hydrogen (secondary N) is 2. The Morgan fingerprint density at radius 2 is 2.18 bits per heavy atom. The topological polar surface area (TPSA) is 79.6 Å². The van der Waals surface area contributed by atoms with Gasteiger partial charge < -0.3 is 24.7 Å². The molecule has 0 saturated carbocycles. The zero-order valence-corrected chi connectivity index (χ0v) is 16.1. The van der Waals surface area contributed by atoms with Gasteiger partial charge in [-0.25, -0.2) is 9.78 Å². The van der Waals surface area contributed by atoms with Crippen LogP contribution < -0.4 is 20.3 Å². The lowest BCUT2D eigenvalue weighted by Gasteiger charge is -2.21. The summed E-state index contributed by atoms with van der Waals surface area (Å²) in [4.78, 5) is 18.8. The van der Waals surface area contributed by atoms with Gasteiger partial charge in [-0.15, -0.1) is 0 Å². The first-order valence-corrected chi connectivity index (χ1v) is 9.42. The van der Waals surface area contributed by atoms with Crippen molar-refractivity contribution >= 4 is 28.5 Å². The average molecular weight is 380 g/mol. The van der Waals surface area contributed by atoms with Crippen LogP contribution in [-0.2, 0) is 0 Å². The Morgan fingerprint density at radius 3 is 3.04 bits per heavy atom. The Morgan fingerprint density at radius 1 is 1.32 bits per heavy atom. The van der Waals surface area contributed by atoms with Crippen LogP contribution in [0.5, 0.6) is 5.75 Å². The number of aryl methyl sites for hydroxylation is 1. The van der Waals surface area contributed by atoms with Crippen molar-refractivity contribution in [1.82, 2.24) is 10.3 Å². The molecule has 2 aromatic carbocycles. The number of oxazole rings is 1. The van der Waals surface area contributed by atoms with Gasteiger partial charge >= 0.3 is 6.03 Å². The number of ether oxygens (including phenoxy) is 1. The molecule has 1 saturated heterocycles. The first kappa shape index (κ1) is 18.2. The normalized spacial score (nSPS) is 16.4. The van der Waals surface area contributed by atoms with Crippen molar-refractivity contribution in [3.05, 3.63) is 48.4 Å². The second-order valence-corrected chi connectivity index (χ2v) is 7.02. The summed E-state index contributed by atoms with van der Waals surface area (Å²) in [5, 5.41) is 5.83. The number of aromatic nitrogens is 1. The Kier molecular flexibility index (Phi) is 5.06. The minimum absolute atomic E-state index is 0.216. The summed E-state index contributed by atoms with van der Waals surface area (Å²) in [6, 6.07) is 13.3. The van der Waals surface area contributed by atoms with Crippen LogP contribution >= 0.6 is 0 Å². The second-order valence-electron chi connectivity index (χ2n) is 7.02. The van der Waals surface area contributed by atoms with Gasteiger partial charge in [0.1, 0.15) is 11.3 Å². The SMILES string of the molecule is COc1ccccc1N1CCC(CNC(=O)Nc2ccc3nc(C)oc3c2)C1. The van der Waals surface area contributed by atoms with Crippen LogP contribution in [0.15, 0.2) is 46.9 Å². The van der Waals surface area contributed by atoms with Gasteiger partial charge in [0.2, 0.25) is 0 Å². The Hall–Kier alpha value is -3.22. The molecule has 0 radical (unpaired) electrons. The predicted molar refractivity (Wildman–Crippen MR) is 109 cm³/mol. The molecule has 7 nitrogen and oxygen atoms in total. The largest absolute Gasteiger partial charge is 0.495 e. The van der Waals surface area contributed by atoms with Gasteiger partial charge in [0.15, 0.2) is 11.5 Å². The van der Waals surface area contributed by atoms with Crippen molar-refractivity contribution < 1.29 is 13.9 Å². The Bertz CT molecular complexity index is 985. The number of nitrogens with zero attached hydrogens (tertiary/aromatic N) is 2. The van der Waals surface area contributed by atoms with E-state index in [9.17, 15) is 4.79 Å². The Labute approximate surface area is 163 Å². The van der Waals surface area contributed by atoms with E-state index in [2.05, 4.69) is 26.6 Å². The number of anilines is 2. The molecule has 2 amide bonds. The van der Waals surface area contributed by atoms with Crippen LogP contribution in [0.2, 0.25) is 0 Å². The summed E-state index contributed by atoms with van der Waals surface area (Å²) in [6.45, 7) is 4.27. The average Bonchev–Trinajstić information content (AvgIpc) is 3.31. The maximum atomic E-state index is 12.3. The van der Waals surface area contributed by atoms with Gasteiger partial charge in [-0.1, -0.05) is 12.1 Å². The molecule has 0 spiro atoms. The summed E-state index contributed by atoms with van der Waals surface area (Å²) in [5.74, 6) is 1.89. The van der Waals surface area contributed by atoms with E-state index in [0.717, 1.165) is 36.5 Å². The minimum atomic E-state index is -0.216. The number of rotatable bonds is 5. The van der Waals surface area contributed by atoms with Gasteiger partial charge in [-0.05, 0) is 36.6 Å². The molecule has 3 aromatic rings. The zero-order valence-electron chi connectivity index (χ0n) is 16.1. The first-order valence-electron chi connectivity index (χ1n) is 9.42. The monoisotopic (exact) mass is 380 g/mol. The van der Waals surface area contributed by atoms with Crippen LogP contribution in [0.4, 0.5) is 16.2 Å². The van der Waals surface area contributed by atoms with Crippen molar-refractivity contribution in [3.8, 4) is 5.75 Å². The molecule has 0 bridgehead atoms. The van der Waals surface area contributed by atoms with E-state index >= 15 is 0 Å². The molecule has 4 rings (SSSR count). The number of amides is 2. The predicted octanol–water partition coefficient (Wildman–Crippen LogP) is 3.79. The van der Waals surface area contributed by atoms with E-state index in [1.165, 1.54) is 0 Å². The van der Waals surface area contributed by atoms with E-state index in [1.54, 1.807) is 20.1 Å². The van der Waals surface area contributed by atoms with E-state index in [0.29, 0.717) is 29.6 Å². The molecule has 1 aromatic heterocycles. The molecule has 7 heteroatoms. The number of urea groups is 1. The number of fused-ring (bicyclic) bond motifs is 1. The molecule has 146 valence electrons. The molecule has 1 atom stereocenters. The number of para-hydroxylation sites is 2. The van der Waals surface area contributed by atoms with Crippen molar-refractivity contribution in [2.45, 2.75) is 13.3 Å². The molecular formula is C21H24N4O3. The third kappa shape index (κ3) is 3.88. The highest BCUT2D eigenvalue weighted by molar-refractivity contribution is 5.91. The number of hydrogen-bond donors (Lipinski definition) is 2. The maximum absolute atomic E-state index is 12.3. The summed E-state index contributed by atoms with van der Waals surface area (Å²) < 4.78 is 11.0. The van der Waals surface area contributed by atoms with Crippen molar-refractivity contribution in [1.29, 1.82) is 0 Å². The molecular weight excluding hydrogens is 356 g/mol. The standard InChI is InChI=1S/C21H24N4O3/c1-14-23-17-8-7-16(11-20(17)28-14)24-21(26)22-12-15-9-10-25(13-15)18-5-3-4-6-19(18)27-2/h3-8,11,15H,9-10,12-13H2,1-2H3,(H2,22,24,26). The molecule has 1 fully saturated rings. The van der Waals surface area contributed by atoms with Crippen molar-refractivity contribution in [2.75, 3.05) is 37.0 Å². The van der Waals surface area contributed by atoms with Crippen LogP contribution in [0, 0.1) is 12.8 Å². The van der Waals surface area contributed by atoms with Gasteiger partial charge in [-0.3, -0.25) is 0 Å². The number of methoxy groups -OCH3 is 1. The Balaban J connectivity index is 1.30. The fraction of sp³-hybridized carbons (Fsp3) is 0.333. The third-order valence-electron chi connectivity index (χ3n) is 5.02. The summed E-state index contributed by atoms with van der Waals surface area (Å²) >= 11 is 0. The molecule has 28 heavy (non-hydrogen) atoms. The second kappa shape index (κ2) is 7.80. The molecule has 1 aliphatic heterocycles. The summed E-state index contributed by atoms with van der Waals surface area (Å²) in [7, 11) is 1.69. The molecule has 2 heterocycles. The summed E-state index contributed by atoms with van der Waals surface area (Å²) in [6.07, 6.45) is 1.03. The highest BCUT2D eigenvalue weighted by atomic mass is 16.5. The van der Waals surface area contributed by atoms with E-state index in [4.69, 9.17) is 9.15 Å². The molecule has 2 N–H and O–H groups in total. The van der Waals surface area contributed by atoms with E-state index in [1.807, 2.05) is 30.3 Å². The molecule has 0 aliphatic carbocycles. The quantitative estimate of drug-likeness (QED) is 0.704. The minimum Gasteiger partial charge on any atom is -0.495 e. The van der Waals surface area contributed by atoms with Crippen molar-refractivity contribution in [3.63, 3.8) is 0 Å².